The molecule has 1 unspecified atom stereocenters. The number of methoxy groups -OCH3 is 1. The topological polar surface area (TPSA) is 71.5 Å². The molecular formula is C23H29N3O3S. The first-order chi connectivity index (χ1) is 14.6. The molecule has 1 N–H and O–H groups in total. The number of thiazole rings is 1. The monoisotopic (exact) mass is 427 g/mol. The van der Waals surface area contributed by atoms with Crippen molar-refractivity contribution in [3.63, 3.8) is 0 Å². The van der Waals surface area contributed by atoms with Crippen molar-refractivity contribution >= 4 is 33.4 Å². The van der Waals surface area contributed by atoms with E-state index in [1.165, 1.54) is 0 Å². The molecule has 1 atom stereocenters. The van der Waals surface area contributed by atoms with E-state index in [1.54, 1.807) is 18.4 Å². The number of piperidine rings is 1. The molecular weight excluding hydrogens is 398 g/mol. The lowest BCUT2D eigenvalue weighted by Gasteiger charge is -2.47. The molecule has 2 heterocycles. The maximum absolute atomic E-state index is 12.6. The number of nitrogens with one attached hydrogen (secondary N) is 1. The predicted octanol–water partition coefficient (Wildman–Crippen LogP) is 3.67. The number of hydrogen-bond acceptors (Lipinski definition) is 5. The van der Waals surface area contributed by atoms with Crippen LogP contribution in [-0.4, -0.2) is 48.5 Å². The first kappa shape index (κ1) is 21.0. The fraction of sp³-hybridized carbons (Fsp3) is 0.522. The standard InChI is InChI=1S/C23H29N3O3S/c1-29-15-14-26-19-8-4-5-12-23(19,13-11-22(26)28)16-24-20(27)9-10-21-25-17-6-2-3-7-18(17)30-21/h2-3,6-8H,4-5,9-16H2,1H3,(H,24,27). The molecule has 30 heavy (non-hydrogen) atoms. The normalized spacial score (nSPS) is 21.4. The van der Waals surface area contributed by atoms with Crippen LogP contribution < -0.4 is 5.32 Å². The van der Waals surface area contributed by atoms with Crippen LogP contribution in [0.5, 0.6) is 0 Å². The number of hydrogen-bond donors (Lipinski definition) is 1. The first-order valence-corrected chi connectivity index (χ1v) is 11.5. The molecule has 2 aromatic rings. The van der Waals surface area contributed by atoms with E-state index in [0.717, 1.165) is 46.6 Å². The van der Waals surface area contributed by atoms with Crippen LogP contribution in [0.25, 0.3) is 10.2 Å². The molecule has 2 amide bonds. The van der Waals surface area contributed by atoms with E-state index in [0.29, 0.717) is 39.0 Å². The Labute approximate surface area is 181 Å². The number of aromatic nitrogens is 1. The van der Waals surface area contributed by atoms with Gasteiger partial charge in [0.15, 0.2) is 0 Å². The van der Waals surface area contributed by atoms with Gasteiger partial charge in [0.05, 0.1) is 21.8 Å². The second-order valence-corrected chi connectivity index (χ2v) is 9.27. The van der Waals surface area contributed by atoms with Gasteiger partial charge in [-0.1, -0.05) is 18.2 Å². The van der Waals surface area contributed by atoms with Gasteiger partial charge >= 0.3 is 0 Å². The zero-order valence-electron chi connectivity index (χ0n) is 17.5. The Morgan fingerprint density at radius 2 is 2.20 bits per heavy atom. The summed E-state index contributed by atoms with van der Waals surface area (Å²) in [6.07, 6.45) is 7.70. The molecule has 2 aliphatic rings. The van der Waals surface area contributed by atoms with Crippen molar-refractivity contribution < 1.29 is 14.3 Å². The van der Waals surface area contributed by atoms with Gasteiger partial charge in [-0.25, -0.2) is 4.98 Å². The molecule has 1 aliphatic carbocycles. The minimum absolute atomic E-state index is 0.0499. The van der Waals surface area contributed by atoms with E-state index >= 15 is 0 Å². The Hall–Kier alpha value is -2.25. The van der Waals surface area contributed by atoms with Crippen LogP contribution in [0, 0.1) is 5.41 Å². The average Bonchev–Trinajstić information content (AvgIpc) is 3.19. The third kappa shape index (κ3) is 4.42. The van der Waals surface area contributed by atoms with Gasteiger partial charge in [-0.05, 0) is 37.8 Å². The fourth-order valence-electron chi connectivity index (χ4n) is 4.59. The number of benzene rings is 1. The van der Waals surface area contributed by atoms with Gasteiger partial charge in [0.1, 0.15) is 0 Å². The van der Waals surface area contributed by atoms with Crippen molar-refractivity contribution in [2.24, 2.45) is 5.41 Å². The SMILES string of the molecule is COCCN1C(=O)CCC2(CNC(=O)CCc3nc4ccccc4s3)CCCC=C12. The van der Waals surface area contributed by atoms with E-state index in [1.807, 2.05) is 23.1 Å². The minimum Gasteiger partial charge on any atom is -0.383 e. The van der Waals surface area contributed by atoms with Gasteiger partial charge < -0.3 is 15.0 Å². The molecule has 1 aromatic heterocycles. The van der Waals surface area contributed by atoms with Crippen molar-refractivity contribution in [3.8, 4) is 0 Å². The summed E-state index contributed by atoms with van der Waals surface area (Å²) >= 11 is 1.65. The van der Waals surface area contributed by atoms with Gasteiger partial charge in [-0.15, -0.1) is 11.3 Å². The number of nitrogens with zero attached hydrogens (tertiary/aromatic N) is 2. The number of carbonyl (C=O) groups is 2. The lowest BCUT2D eigenvalue weighted by molar-refractivity contribution is -0.134. The zero-order chi connectivity index (χ0) is 21.0. The average molecular weight is 428 g/mol. The highest BCUT2D eigenvalue weighted by Gasteiger charge is 2.44. The predicted molar refractivity (Wildman–Crippen MR) is 118 cm³/mol. The van der Waals surface area contributed by atoms with Crippen molar-refractivity contribution in [2.45, 2.75) is 44.9 Å². The highest BCUT2D eigenvalue weighted by atomic mass is 32.1. The summed E-state index contributed by atoms with van der Waals surface area (Å²) < 4.78 is 6.36. The quantitative estimate of drug-likeness (QED) is 0.698. The van der Waals surface area contributed by atoms with Gasteiger partial charge in [-0.2, -0.15) is 0 Å². The van der Waals surface area contributed by atoms with E-state index in [4.69, 9.17) is 4.74 Å². The summed E-state index contributed by atoms with van der Waals surface area (Å²) in [5, 5.41) is 4.16. The highest BCUT2D eigenvalue weighted by Crippen LogP contribution is 2.46. The molecule has 0 spiro atoms. The summed E-state index contributed by atoms with van der Waals surface area (Å²) in [6.45, 7) is 1.69. The fourth-order valence-corrected chi connectivity index (χ4v) is 5.55. The summed E-state index contributed by atoms with van der Waals surface area (Å²) in [5.74, 6) is 0.215. The number of fused-ring (bicyclic) bond motifs is 2. The number of allylic oxidation sites excluding steroid dienone is 1. The van der Waals surface area contributed by atoms with Crippen molar-refractivity contribution in [1.82, 2.24) is 15.2 Å². The lowest BCUT2D eigenvalue weighted by atomic mass is 9.69. The largest absolute Gasteiger partial charge is 0.383 e. The summed E-state index contributed by atoms with van der Waals surface area (Å²) in [6, 6.07) is 8.06. The van der Waals surface area contributed by atoms with Crippen molar-refractivity contribution in [3.05, 3.63) is 41.0 Å². The number of para-hydroxylation sites is 1. The van der Waals surface area contributed by atoms with Gasteiger partial charge in [0, 0.05) is 50.6 Å². The minimum atomic E-state index is -0.134. The van der Waals surface area contributed by atoms with Crippen LogP contribution in [0.3, 0.4) is 0 Å². The highest BCUT2D eigenvalue weighted by molar-refractivity contribution is 7.18. The number of likely N-dealkylation sites (tertiary alicyclic amines) is 1. The van der Waals surface area contributed by atoms with E-state index < -0.39 is 0 Å². The summed E-state index contributed by atoms with van der Waals surface area (Å²) in [7, 11) is 1.66. The maximum Gasteiger partial charge on any atom is 0.226 e. The third-order valence-corrected chi connectivity index (χ3v) is 7.29. The van der Waals surface area contributed by atoms with Crippen LogP contribution >= 0.6 is 11.3 Å². The Balaban J connectivity index is 1.37. The molecule has 7 heteroatoms. The molecule has 4 rings (SSSR count). The molecule has 1 saturated heterocycles. The number of ether oxygens (including phenoxy) is 1. The van der Waals surface area contributed by atoms with Crippen LogP contribution in [-0.2, 0) is 20.7 Å². The number of rotatable bonds is 8. The molecule has 1 fully saturated rings. The number of aryl methyl sites for hydroxylation is 1. The second-order valence-electron chi connectivity index (χ2n) is 8.15. The lowest BCUT2D eigenvalue weighted by Crippen LogP contribution is -2.51. The van der Waals surface area contributed by atoms with Gasteiger partial charge in [0.25, 0.3) is 0 Å². The summed E-state index contributed by atoms with van der Waals surface area (Å²) in [4.78, 5) is 31.6. The van der Waals surface area contributed by atoms with Gasteiger partial charge in [0.2, 0.25) is 11.8 Å². The van der Waals surface area contributed by atoms with Crippen LogP contribution in [0.15, 0.2) is 36.0 Å². The summed E-state index contributed by atoms with van der Waals surface area (Å²) in [5.41, 5.74) is 1.95. The van der Waals surface area contributed by atoms with E-state index in [-0.39, 0.29) is 17.2 Å². The van der Waals surface area contributed by atoms with Crippen LogP contribution in [0.2, 0.25) is 0 Å². The second kappa shape index (κ2) is 9.27. The molecule has 0 bridgehead atoms. The van der Waals surface area contributed by atoms with Crippen molar-refractivity contribution in [2.75, 3.05) is 26.8 Å². The van der Waals surface area contributed by atoms with Crippen molar-refractivity contribution in [1.29, 1.82) is 0 Å². The zero-order valence-corrected chi connectivity index (χ0v) is 18.3. The molecule has 1 aromatic carbocycles. The first-order valence-electron chi connectivity index (χ1n) is 10.7. The number of carbonyl (C=O) groups excluding carboxylic acids is 2. The van der Waals surface area contributed by atoms with E-state index in [2.05, 4.69) is 22.4 Å². The van der Waals surface area contributed by atoms with E-state index in [9.17, 15) is 9.59 Å². The number of amides is 2. The molecule has 160 valence electrons. The Morgan fingerprint density at radius 3 is 3.03 bits per heavy atom. The molecule has 0 radical (unpaired) electrons. The third-order valence-electron chi connectivity index (χ3n) is 6.20. The smallest absolute Gasteiger partial charge is 0.226 e. The maximum atomic E-state index is 12.6. The Bertz CT molecular complexity index is 921. The Morgan fingerprint density at radius 1 is 1.33 bits per heavy atom. The molecule has 1 aliphatic heterocycles. The molecule has 6 nitrogen and oxygen atoms in total. The van der Waals surface area contributed by atoms with Crippen LogP contribution in [0.1, 0.15) is 43.5 Å². The van der Waals surface area contributed by atoms with Crippen LogP contribution in [0.4, 0.5) is 0 Å². The Kier molecular flexibility index (Phi) is 6.49. The van der Waals surface area contributed by atoms with Gasteiger partial charge in [-0.3, -0.25) is 9.59 Å². The molecule has 0 saturated carbocycles.